The molecule has 9 aromatic carbocycles. The van der Waals surface area contributed by atoms with Gasteiger partial charge in [-0.15, -0.1) is 0 Å². The fraction of sp³-hybridized carbons (Fsp3) is 0.0727. The van der Waals surface area contributed by atoms with Crippen LogP contribution >= 0.6 is 0 Å². The first-order valence-corrected chi connectivity index (χ1v) is 20.2. The third-order valence-corrected chi connectivity index (χ3v) is 12.3. The molecule has 0 aliphatic heterocycles. The number of hydrogen-bond donors (Lipinski definition) is 0. The topological polar surface area (TPSA) is 42.0 Å². The highest BCUT2D eigenvalue weighted by molar-refractivity contribution is 6.31. The van der Waals surface area contributed by atoms with Crippen molar-refractivity contribution in [2.24, 2.45) is 15.0 Å². The molecular formula is C55H40N4. The second-order valence-corrected chi connectivity index (χ2v) is 16.0. The van der Waals surface area contributed by atoms with Crippen LogP contribution in [-0.2, 0) is 12.0 Å². The van der Waals surface area contributed by atoms with Crippen molar-refractivity contribution in [3.8, 4) is 16.8 Å². The lowest BCUT2D eigenvalue weighted by molar-refractivity contribution is 0.661. The zero-order valence-electron chi connectivity index (χ0n) is 33.0. The molecule has 0 amide bonds. The Bertz CT molecular complexity index is 3390. The summed E-state index contributed by atoms with van der Waals surface area (Å²) in [6, 6.07) is 65.2. The van der Waals surface area contributed by atoms with Crippen molar-refractivity contribution in [1.82, 2.24) is 4.57 Å². The summed E-state index contributed by atoms with van der Waals surface area (Å²) in [4.78, 5) is 15.2. The highest BCUT2D eigenvalue weighted by Gasteiger charge is 2.36. The molecule has 0 radical (unpaired) electrons. The van der Waals surface area contributed by atoms with E-state index in [2.05, 4.69) is 176 Å². The van der Waals surface area contributed by atoms with Gasteiger partial charge < -0.3 is 4.57 Å². The molecular weight excluding hydrogens is 717 g/mol. The van der Waals surface area contributed by atoms with Gasteiger partial charge in [-0.2, -0.15) is 0 Å². The fourth-order valence-corrected chi connectivity index (χ4v) is 9.57. The number of fused-ring (bicyclic) bond motifs is 12. The largest absolute Gasteiger partial charge is 0.309 e. The van der Waals surface area contributed by atoms with Gasteiger partial charge in [-0.1, -0.05) is 166 Å². The van der Waals surface area contributed by atoms with E-state index in [0.29, 0.717) is 18.2 Å². The SMILES string of the molecule is C=NC(=NC(=NCc1ccccc1)c1cc(-n2c3ccccc3c3cc4c(cc32)C(C)(C)c2ccccc2-4)cc2c3ccccc3c3ccccc3c12)c1ccccc1. The van der Waals surface area contributed by atoms with Crippen LogP contribution in [0.3, 0.4) is 0 Å². The maximum Gasteiger partial charge on any atom is 0.161 e. The number of aromatic nitrogens is 1. The second kappa shape index (κ2) is 13.6. The lowest BCUT2D eigenvalue weighted by atomic mass is 9.82. The standard InChI is InChI=1S/C55H40N4/c1-55(2)48-28-16-14-25-41(48)44-32-45-42-26-15-17-29-50(42)59(51(45)33-49(44)55)37-30-46-40-24-11-10-22-38(40)39-23-12-13-27-43(39)52(46)47(31-37)54(57-34-35-18-6-4-7-19-35)58-53(56-3)36-20-8-5-9-21-36/h4-33H,3,34H2,1-2H3. The van der Waals surface area contributed by atoms with Gasteiger partial charge in [0.2, 0.25) is 0 Å². The average Bonchev–Trinajstić information content (AvgIpc) is 3.73. The summed E-state index contributed by atoms with van der Waals surface area (Å²) in [7, 11) is 0. The molecule has 1 aliphatic rings. The number of amidine groups is 2. The van der Waals surface area contributed by atoms with Gasteiger partial charge >= 0.3 is 0 Å². The van der Waals surface area contributed by atoms with Crippen molar-refractivity contribution < 1.29 is 0 Å². The van der Waals surface area contributed by atoms with E-state index >= 15 is 0 Å². The number of hydrogen-bond acceptors (Lipinski definition) is 1. The van der Waals surface area contributed by atoms with Crippen LogP contribution in [0.2, 0.25) is 0 Å². The van der Waals surface area contributed by atoms with Gasteiger partial charge in [0.15, 0.2) is 11.7 Å². The maximum absolute atomic E-state index is 5.38. The first-order valence-electron chi connectivity index (χ1n) is 20.2. The third kappa shape index (κ3) is 5.48. The van der Waals surface area contributed by atoms with Gasteiger partial charge in [0.1, 0.15) is 0 Å². The molecule has 0 N–H and O–H groups in total. The quantitative estimate of drug-likeness (QED) is 0.0953. The molecule has 59 heavy (non-hydrogen) atoms. The van der Waals surface area contributed by atoms with Gasteiger partial charge in [0.25, 0.3) is 0 Å². The normalized spacial score (nSPS) is 13.7. The minimum absolute atomic E-state index is 0.150. The predicted molar refractivity (Wildman–Crippen MR) is 250 cm³/mol. The molecule has 1 aliphatic carbocycles. The minimum atomic E-state index is -0.150. The Labute approximate surface area is 343 Å². The molecule has 0 saturated carbocycles. The van der Waals surface area contributed by atoms with Crippen molar-refractivity contribution >= 4 is 72.5 Å². The fourth-order valence-electron chi connectivity index (χ4n) is 9.57. The van der Waals surface area contributed by atoms with Gasteiger partial charge in [-0.25, -0.2) is 9.98 Å². The molecule has 11 rings (SSSR count). The summed E-state index contributed by atoms with van der Waals surface area (Å²) in [5.74, 6) is 1.13. The average molecular weight is 757 g/mol. The predicted octanol–water partition coefficient (Wildman–Crippen LogP) is 13.6. The molecule has 0 spiro atoms. The molecule has 0 unspecified atom stereocenters. The molecule has 1 aromatic heterocycles. The van der Waals surface area contributed by atoms with Crippen molar-refractivity contribution in [3.63, 3.8) is 0 Å². The van der Waals surface area contributed by atoms with E-state index in [-0.39, 0.29) is 5.41 Å². The van der Waals surface area contributed by atoms with Crippen molar-refractivity contribution in [3.05, 3.63) is 210 Å². The van der Waals surface area contributed by atoms with Crippen LogP contribution < -0.4 is 0 Å². The highest BCUT2D eigenvalue weighted by atomic mass is 15.0. The molecule has 4 nitrogen and oxygen atoms in total. The van der Waals surface area contributed by atoms with Crippen molar-refractivity contribution in [2.45, 2.75) is 25.8 Å². The van der Waals surface area contributed by atoms with Crippen LogP contribution in [0.25, 0.3) is 70.9 Å². The summed E-state index contributed by atoms with van der Waals surface area (Å²) in [5.41, 5.74) is 11.5. The van der Waals surface area contributed by atoms with Gasteiger partial charge in [0, 0.05) is 38.4 Å². The van der Waals surface area contributed by atoms with Crippen LogP contribution in [0.15, 0.2) is 197 Å². The van der Waals surface area contributed by atoms with Gasteiger partial charge in [0.05, 0.1) is 17.6 Å². The van der Waals surface area contributed by atoms with Crippen LogP contribution in [-0.4, -0.2) is 23.0 Å². The summed E-state index contributed by atoms with van der Waals surface area (Å²) in [6.45, 7) is 9.16. The number of benzene rings is 9. The number of nitrogens with zero attached hydrogens (tertiary/aromatic N) is 4. The minimum Gasteiger partial charge on any atom is -0.309 e. The smallest absolute Gasteiger partial charge is 0.161 e. The zero-order valence-corrected chi connectivity index (χ0v) is 33.0. The number of rotatable bonds is 5. The molecule has 0 bridgehead atoms. The second-order valence-electron chi connectivity index (χ2n) is 16.0. The van der Waals surface area contributed by atoms with E-state index in [0.717, 1.165) is 44.1 Å². The van der Waals surface area contributed by atoms with Crippen LogP contribution in [0, 0.1) is 0 Å². The lowest BCUT2D eigenvalue weighted by Crippen LogP contribution is -2.15. The Balaban J connectivity index is 1.28. The molecule has 10 aromatic rings. The molecule has 4 heteroatoms. The molecule has 280 valence electrons. The van der Waals surface area contributed by atoms with E-state index < -0.39 is 0 Å². The molecule has 0 fully saturated rings. The molecule has 0 atom stereocenters. The van der Waals surface area contributed by atoms with E-state index in [1.54, 1.807) is 0 Å². The Hall–Kier alpha value is -7.43. The first kappa shape index (κ1) is 34.8. The molecule has 1 heterocycles. The first-order chi connectivity index (χ1) is 29.0. The summed E-state index contributed by atoms with van der Waals surface area (Å²) in [6.07, 6.45) is 0. The van der Waals surface area contributed by atoms with Crippen LogP contribution in [0.4, 0.5) is 0 Å². The van der Waals surface area contributed by atoms with Crippen LogP contribution in [0.5, 0.6) is 0 Å². The highest BCUT2D eigenvalue weighted by Crippen LogP contribution is 2.51. The van der Waals surface area contributed by atoms with Crippen molar-refractivity contribution in [2.75, 3.05) is 0 Å². The number of aliphatic imine (C=N–C) groups is 3. The van der Waals surface area contributed by atoms with E-state index in [4.69, 9.17) is 9.98 Å². The van der Waals surface area contributed by atoms with Crippen LogP contribution in [0.1, 0.15) is 41.7 Å². The van der Waals surface area contributed by atoms with E-state index in [9.17, 15) is 0 Å². The Morgan fingerprint density at radius 2 is 1.12 bits per heavy atom. The Morgan fingerprint density at radius 1 is 0.508 bits per heavy atom. The number of para-hydroxylation sites is 1. The summed E-state index contributed by atoms with van der Waals surface area (Å²) in [5, 5.41) is 9.43. The van der Waals surface area contributed by atoms with E-state index in [1.165, 1.54) is 54.7 Å². The van der Waals surface area contributed by atoms with E-state index in [1.807, 2.05) is 36.4 Å². The Morgan fingerprint density at radius 3 is 1.86 bits per heavy atom. The van der Waals surface area contributed by atoms with Gasteiger partial charge in [-0.05, 0) is 91.8 Å². The lowest BCUT2D eigenvalue weighted by Gasteiger charge is -2.22. The van der Waals surface area contributed by atoms with Gasteiger partial charge in [-0.3, -0.25) is 4.99 Å². The molecule has 0 saturated heterocycles. The van der Waals surface area contributed by atoms with Crippen molar-refractivity contribution in [1.29, 1.82) is 0 Å². The summed E-state index contributed by atoms with van der Waals surface area (Å²) < 4.78 is 2.46. The monoisotopic (exact) mass is 756 g/mol. The Kier molecular flexibility index (Phi) is 8.02. The third-order valence-electron chi connectivity index (χ3n) is 12.3. The maximum atomic E-state index is 5.38. The summed E-state index contributed by atoms with van der Waals surface area (Å²) >= 11 is 0. The zero-order chi connectivity index (χ0) is 39.7.